The molecular weight excluding hydrogens is 352 g/mol. The first-order valence-corrected chi connectivity index (χ1v) is 6.88. The van der Waals surface area contributed by atoms with E-state index in [-0.39, 0.29) is 16.7 Å². The fraction of sp³-hybridized carbons (Fsp3) is 0.188. The zero-order chi connectivity index (χ0) is 18.4. The molecule has 3 nitrogen and oxygen atoms in total. The van der Waals surface area contributed by atoms with Crippen molar-refractivity contribution in [1.29, 1.82) is 0 Å². The van der Waals surface area contributed by atoms with Crippen LogP contribution in [0.15, 0.2) is 47.1 Å². The van der Waals surface area contributed by atoms with Gasteiger partial charge in [-0.05, 0) is 29.8 Å². The van der Waals surface area contributed by atoms with E-state index in [9.17, 15) is 31.4 Å². The average Bonchev–Trinajstić information content (AvgIpc) is 3.05. The standard InChI is InChI=1S/C16H9F6NO2/c17-15(18,19)10-4-1-3-8-9(14(24)11-5-2-6-25-11)7-12(16(20,21)22)23-13(8)10/h1-7,14,24H. The third-order valence-electron chi connectivity index (χ3n) is 3.57. The van der Waals surface area contributed by atoms with E-state index in [0.717, 1.165) is 6.07 Å². The summed E-state index contributed by atoms with van der Waals surface area (Å²) in [5.41, 5.74) is -4.11. The highest BCUT2D eigenvalue weighted by Crippen LogP contribution is 2.39. The molecule has 2 aromatic heterocycles. The summed E-state index contributed by atoms with van der Waals surface area (Å²) in [6, 6.07) is 6.07. The molecule has 25 heavy (non-hydrogen) atoms. The highest BCUT2D eigenvalue weighted by Gasteiger charge is 2.38. The van der Waals surface area contributed by atoms with Gasteiger partial charge >= 0.3 is 12.4 Å². The van der Waals surface area contributed by atoms with Crippen LogP contribution in [0.2, 0.25) is 0 Å². The molecule has 0 aliphatic rings. The summed E-state index contributed by atoms with van der Waals surface area (Å²) in [6.45, 7) is 0. The average molecular weight is 361 g/mol. The summed E-state index contributed by atoms with van der Waals surface area (Å²) >= 11 is 0. The van der Waals surface area contributed by atoms with Crippen molar-refractivity contribution in [2.24, 2.45) is 0 Å². The van der Waals surface area contributed by atoms with Gasteiger partial charge in [0, 0.05) is 5.39 Å². The normalized spacial score (nSPS) is 14.0. The van der Waals surface area contributed by atoms with E-state index in [2.05, 4.69) is 4.98 Å². The molecule has 9 heteroatoms. The number of furan rings is 1. The van der Waals surface area contributed by atoms with Crippen LogP contribution in [-0.2, 0) is 12.4 Å². The van der Waals surface area contributed by atoms with Crippen LogP contribution in [0.3, 0.4) is 0 Å². The van der Waals surface area contributed by atoms with Crippen LogP contribution in [0.25, 0.3) is 10.9 Å². The maximum Gasteiger partial charge on any atom is 0.433 e. The Morgan fingerprint density at radius 2 is 1.68 bits per heavy atom. The van der Waals surface area contributed by atoms with Crippen LogP contribution in [0, 0.1) is 0 Å². The topological polar surface area (TPSA) is 46.3 Å². The molecule has 0 aliphatic carbocycles. The Bertz CT molecular complexity index is 899. The van der Waals surface area contributed by atoms with Gasteiger partial charge in [0.25, 0.3) is 0 Å². The second-order valence-electron chi connectivity index (χ2n) is 5.21. The van der Waals surface area contributed by atoms with Gasteiger partial charge in [-0.1, -0.05) is 12.1 Å². The van der Waals surface area contributed by atoms with Crippen molar-refractivity contribution >= 4 is 10.9 Å². The molecule has 0 saturated carbocycles. The van der Waals surface area contributed by atoms with E-state index in [4.69, 9.17) is 4.42 Å². The first-order chi connectivity index (χ1) is 11.6. The molecule has 0 fully saturated rings. The lowest BCUT2D eigenvalue weighted by molar-refractivity contribution is -0.142. The van der Waals surface area contributed by atoms with Gasteiger partial charge in [0.1, 0.15) is 17.6 Å². The van der Waals surface area contributed by atoms with Gasteiger partial charge in [0.2, 0.25) is 0 Å². The smallest absolute Gasteiger partial charge is 0.433 e. The minimum Gasteiger partial charge on any atom is -0.466 e. The molecular formula is C16H9F6NO2. The summed E-state index contributed by atoms with van der Waals surface area (Å²) in [6.07, 6.45) is -10.4. The number of aromatic nitrogens is 1. The number of hydrogen-bond donors (Lipinski definition) is 1. The number of nitrogens with zero attached hydrogens (tertiary/aromatic N) is 1. The van der Waals surface area contributed by atoms with Crippen molar-refractivity contribution in [3.05, 3.63) is 65.2 Å². The Hall–Kier alpha value is -2.55. The molecule has 3 rings (SSSR count). The number of aliphatic hydroxyl groups excluding tert-OH is 1. The van der Waals surface area contributed by atoms with E-state index in [0.29, 0.717) is 12.1 Å². The Kier molecular flexibility index (Phi) is 3.98. The molecule has 1 N–H and O–H groups in total. The van der Waals surface area contributed by atoms with Gasteiger partial charge < -0.3 is 9.52 Å². The van der Waals surface area contributed by atoms with Crippen molar-refractivity contribution in [3.63, 3.8) is 0 Å². The minimum atomic E-state index is -4.98. The Morgan fingerprint density at radius 3 is 2.24 bits per heavy atom. The van der Waals surface area contributed by atoms with Crippen molar-refractivity contribution in [1.82, 2.24) is 4.98 Å². The number of halogens is 6. The van der Waals surface area contributed by atoms with Crippen LogP contribution in [-0.4, -0.2) is 10.1 Å². The lowest BCUT2D eigenvalue weighted by atomic mass is 9.98. The largest absolute Gasteiger partial charge is 0.466 e. The van der Waals surface area contributed by atoms with E-state index < -0.39 is 35.2 Å². The van der Waals surface area contributed by atoms with Gasteiger partial charge in [-0.25, -0.2) is 4.98 Å². The van der Waals surface area contributed by atoms with Crippen molar-refractivity contribution in [2.75, 3.05) is 0 Å². The number of fused-ring (bicyclic) bond motifs is 1. The quantitative estimate of drug-likeness (QED) is 0.657. The van der Waals surface area contributed by atoms with Gasteiger partial charge in [0.15, 0.2) is 0 Å². The molecule has 1 aromatic carbocycles. The number of rotatable bonds is 2. The molecule has 132 valence electrons. The highest BCUT2D eigenvalue weighted by molar-refractivity contribution is 5.86. The SMILES string of the molecule is OC(c1ccco1)c1cc(C(F)(F)F)nc2c(C(F)(F)F)cccc12. The lowest BCUT2D eigenvalue weighted by Gasteiger charge is -2.17. The summed E-state index contributed by atoms with van der Waals surface area (Å²) in [5, 5.41) is 10.0. The van der Waals surface area contributed by atoms with Crippen LogP contribution in [0.4, 0.5) is 26.3 Å². The molecule has 0 spiro atoms. The van der Waals surface area contributed by atoms with Crippen LogP contribution in [0.1, 0.15) is 28.7 Å². The van der Waals surface area contributed by atoms with Crippen LogP contribution >= 0.6 is 0 Å². The minimum absolute atomic E-state index is 0.0990. The van der Waals surface area contributed by atoms with Crippen molar-refractivity contribution < 1.29 is 35.9 Å². The Labute approximate surface area is 136 Å². The molecule has 0 amide bonds. The van der Waals surface area contributed by atoms with Crippen molar-refractivity contribution in [2.45, 2.75) is 18.5 Å². The van der Waals surface area contributed by atoms with Crippen LogP contribution < -0.4 is 0 Å². The fourth-order valence-electron chi connectivity index (χ4n) is 2.47. The van der Waals surface area contributed by atoms with Crippen molar-refractivity contribution in [3.8, 4) is 0 Å². The molecule has 0 aliphatic heterocycles. The fourth-order valence-corrected chi connectivity index (χ4v) is 2.47. The number of aliphatic hydroxyl groups is 1. The molecule has 2 heterocycles. The molecule has 0 bridgehead atoms. The number of pyridine rings is 1. The zero-order valence-electron chi connectivity index (χ0n) is 12.2. The number of para-hydroxylation sites is 1. The molecule has 1 unspecified atom stereocenters. The monoisotopic (exact) mass is 361 g/mol. The van der Waals surface area contributed by atoms with E-state index in [1.165, 1.54) is 24.5 Å². The molecule has 0 radical (unpaired) electrons. The first-order valence-electron chi connectivity index (χ1n) is 6.88. The summed E-state index contributed by atoms with van der Waals surface area (Å²) in [7, 11) is 0. The first kappa shape index (κ1) is 17.3. The number of alkyl halides is 6. The second kappa shape index (κ2) is 5.76. The van der Waals surface area contributed by atoms with E-state index >= 15 is 0 Å². The highest BCUT2D eigenvalue weighted by atomic mass is 19.4. The summed E-state index contributed by atoms with van der Waals surface area (Å²) in [5.74, 6) is -0.0990. The van der Waals surface area contributed by atoms with Gasteiger partial charge in [-0.3, -0.25) is 0 Å². The third-order valence-corrected chi connectivity index (χ3v) is 3.57. The van der Waals surface area contributed by atoms with Gasteiger partial charge in [-0.15, -0.1) is 0 Å². The Balaban J connectivity index is 2.35. The van der Waals surface area contributed by atoms with Gasteiger partial charge in [-0.2, -0.15) is 26.3 Å². The molecule has 1 atom stereocenters. The van der Waals surface area contributed by atoms with Crippen LogP contribution in [0.5, 0.6) is 0 Å². The predicted molar refractivity (Wildman–Crippen MR) is 74.5 cm³/mol. The number of benzene rings is 1. The summed E-state index contributed by atoms with van der Waals surface area (Å²) in [4.78, 5) is 3.15. The van der Waals surface area contributed by atoms with Gasteiger partial charge in [0.05, 0.1) is 17.3 Å². The molecule has 3 aromatic rings. The summed E-state index contributed by atoms with van der Waals surface area (Å²) < 4.78 is 83.6. The second-order valence-corrected chi connectivity index (χ2v) is 5.21. The third kappa shape index (κ3) is 3.19. The Morgan fingerprint density at radius 1 is 0.960 bits per heavy atom. The predicted octanol–water partition coefficient (Wildman–Crippen LogP) is 4.95. The number of hydrogen-bond acceptors (Lipinski definition) is 3. The maximum atomic E-state index is 13.1. The maximum absolute atomic E-state index is 13.1. The van der Waals surface area contributed by atoms with E-state index in [1.54, 1.807) is 0 Å². The molecule has 0 saturated heterocycles. The zero-order valence-corrected chi connectivity index (χ0v) is 12.2. The lowest BCUT2D eigenvalue weighted by Crippen LogP contribution is -2.14. The van der Waals surface area contributed by atoms with E-state index in [1.807, 2.05) is 0 Å².